The van der Waals surface area contributed by atoms with Gasteiger partial charge in [-0.3, -0.25) is 4.79 Å². The fourth-order valence-electron chi connectivity index (χ4n) is 3.49. The Morgan fingerprint density at radius 2 is 1.79 bits per heavy atom. The van der Waals surface area contributed by atoms with Gasteiger partial charge in [0.05, 0.1) is 25.5 Å². The van der Waals surface area contributed by atoms with E-state index in [1.54, 1.807) is 31.4 Å². The molecule has 0 amide bonds. The number of aromatic nitrogens is 1. The van der Waals surface area contributed by atoms with Crippen LogP contribution in [-0.2, 0) is 6.54 Å². The van der Waals surface area contributed by atoms with Crippen LogP contribution in [0.2, 0.25) is 0 Å². The van der Waals surface area contributed by atoms with Crippen molar-refractivity contribution in [3.05, 3.63) is 65.4 Å². The topological polar surface area (TPSA) is 63.5 Å². The molecule has 2 N–H and O–H groups in total. The van der Waals surface area contributed by atoms with E-state index in [0.29, 0.717) is 30.1 Å². The van der Waals surface area contributed by atoms with Gasteiger partial charge in [-0.25, -0.2) is 0 Å². The number of fused-ring (bicyclic) bond motifs is 1. The number of aryl methyl sites for hydroxylation is 1. The maximum atomic E-state index is 13.3. The highest BCUT2D eigenvalue weighted by Gasteiger charge is 2.23. The third kappa shape index (κ3) is 4.99. The van der Waals surface area contributed by atoms with Gasteiger partial charge in [0, 0.05) is 29.1 Å². The van der Waals surface area contributed by atoms with Crippen LogP contribution in [0.3, 0.4) is 0 Å². The Kier molecular flexibility index (Phi) is 7.85. The predicted octanol–water partition coefficient (Wildman–Crippen LogP) is 0.552. The maximum Gasteiger partial charge on any atom is 0.209 e. The molecule has 6 heteroatoms. The van der Waals surface area contributed by atoms with Crippen LogP contribution in [0, 0.1) is 6.92 Å². The van der Waals surface area contributed by atoms with Gasteiger partial charge in [-0.2, -0.15) is 0 Å². The zero-order valence-corrected chi connectivity index (χ0v) is 18.0. The van der Waals surface area contributed by atoms with E-state index in [1.165, 1.54) is 0 Å². The Labute approximate surface area is 178 Å². The number of nitrogens with one attached hydrogen (secondary N) is 1. The molecule has 29 heavy (non-hydrogen) atoms. The molecular weight excluding hydrogens is 388 g/mol. The molecule has 0 spiro atoms. The minimum Gasteiger partial charge on any atom is -1.00 e. The van der Waals surface area contributed by atoms with Gasteiger partial charge >= 0.3 is 0 Å². The van der Waals surface area contributed by atoms with Crippen LogP contribution in [0.5, 0.6) is 5.75 Å². The lowest BCUT2D eigenvalue weighted by Gasteiger charge is -2.18. The number of ether oxygens (including phenoxy) is 1. The lowest BCUT2D eigenvalue weighted by molar-refractivity contribution is -0.0000158. The molecule has 0 aliphatic rings. The summed E-state index contributed by atoms with van der Waals surface area (Å²) in [7, 11) is 1.60. The van der Waals surface area contributed by atoms with E-state index in [-0.39, 0.29) is 24.2 Å². The molecule has 1 aromatic heterocycles. The number of hydrogen-bond donors (Lipinski definition) is 2. The number of carbonyl (C=O) groups excluding carboxylic acids is 1. The first-order valence-electron chi connectivity index (χ1n) is 9.60. The Bertz CT molecular complexity index is 964. The average molecular weight is 416 g/mol. The van der Waals surface area contributed by atoms with Crippen molar-refractivity contribution in [2.45, 2.75) is 39.5 Å². The minimum atomic E-state index is -0.597. The lowest BCUT2D eigenvalue weighted by Crippen LogP contribution is -3.00. The highest BCUT2D eigenvalue weighted by Crippen LogP contribution is 2.28. The molecule has 5 nitrogen and oxygen atoms in total. The largest absolute Gasteiger partial charge is 1.00 e. The first-order chi connectivity index (χ1) is 13.4. The number of methoxy groups -OCH3 is 1. The highest BCUT2D eigenvalue weighted by molar-refractivity contribution is 6.12. The third-order valence-corrected chi connectivity index (χ3v) is 4.95. The van der Waals surface area contributed by atoms with Crippen molar-refractivity contribution in [3.8, 4) is 5.75 Å². The standard InChI is InChI=1S/C23H28N2O3.ClH/c1-15(2)24-13-18(26)14-25-21-8-6-5-7-20(21)16(3)22(25)23(27)17-9-11-19(28-4)12-10-17;/h5-12,15,18,24,26H,13-14H2,1-4H3;1H/p-1. The highest BCUT2D eigenvalue weighted by atomic mass is 35.5. The number of halogens is 1. The summed E-state index contributed by atoms with van der Waals surface area (Å²) in [6.07, 6.45) is -0.597. The molecule has 1 heterocycles. The maximum absolute atomic E-state index is 13.3. The minimum absolute atomic E-state index is 0. The summed E-state index contributed by atoms with van der Waals surface area (Å²) >= 11 is 0. The van der Waals surface area contributed by atoms with Crippen molar-refractivity contribution in [1.82, 2.24) is 9.88 Å². The van der Waals surface area contributed by atoms with Crippen molar-refractivity contribution in [3.63, 3.8) is 0 Å². The van der Waals surface area contributed by atoms with Crippen LogP contribution < -0.4 is 22.5 Å². The number of aliphatic hydroxyl groups excluding tert-OH is 1. The fourth-order valence-corrected chi connectivity index (χ4v) is 3.49. The zero-order valence-electron chi connectivity index (χ0n) is 17.3. The van der Waals surface area contributed by atoms with Gasteiger partial charge in [0.1, 0.15) is 5.75 Å². The Morgan fingerprint density at radius 1 is 1.14 bits per heavy atom. The molecule has 0 saturated carbocycles. The second kappa shape index (κ2) is 9.92. The smallest absolute Gasteiger partial charge is 0.209 e. The van der Waals surface area contributed by atoms with Crippen LogP contribution >= 0.6 is 0 Å². The SMILES string of the molecule is COc1ccc(C(=O)c2c(C)c3ccccc3n2CC(O)CNC(C)C)cc1.[Cl-]. The van der Waals surface area contributed by atoms with Crippen LogP contribution in [-0.4, -0.2) is 41.3 Å². The normalized spacial score (nSPS) is 12.1. The molecule has 0 bridgehead atoms. The molecule has 2 aromatic carbocycles. The van der Waals surface area contributed by atoms with Crippen LogP contribution in [0.15, 0.2) is 48.5 Å². The molecule has 0 fully saturated rings. The number of ketones is 1. The second-order valence-electron chi connectivity index (χ2n) is 7.38. The van der Waals surface area contributed by atoms with E-state index >= 15 is 0 Å². The molecule has 3 rings (SSSR count). The quantitative estimate of drug-likeness (QED) is 0.527. The summed E-state index contributed by atoms with van der Waals surface area (Å²) in [5, 5.41) is 14.8. The van der Waals surface area contributed by atoms with Gasteiger partial charge in [0.25, 0.3) is 0 Å². The number of para-hydroxylation sites is 1. The molecule has 1 atom stereocenters. The van der Waals surface area contributed by atoms with E-state index in [4.69, 9.17) is 4.74 Å². The van der Waals surface area contributed by atoms with Crippen molar-refractivity contribution < 1.29 is 27.0 Å². The number of hydrogen-bond acceptors (Lipinski definition) is 4. The summed E-state index contributed by atoms with van der Waals surface area (Å²) in [6.45, 7) is 6.88. The second-order valence-corrected chi connectivity index (χ2v) is 7.38. The Balaban J connectivity index is 0.00000300. The molecule has 0 radical (unpaired) electrons. The summed E-state index contributed by atoms with van der Waals surface area (Å²) < 4.78 is 7.14. The Hall–Kier alpha value is -2.34. The van der Waals surface area contributed by atoms with Gasteiger partial charge in [0.2, 0.25) is 5.78 Å². The van der Waals surface area contributed by atoms with E-state index < -0.39 is 6.10 Å². The predicted molar refractivity (Wildman–Crippen MR) is 112 cm³/mol. The monoisotopic (exact) mass is 415 g/mol. The molecule has 1 unspecified atom stereocenters. The summed E-state index contributed by atoms with van der Waals surface area (Å²) in [4.78, 5) is 13.3. The fraction of sp³-hybridized carbons (Fsp3) is 0.348. The number of benzene rings is 2. The molecule has 3 aromatic rings. The van der Waals surface area contributed by atoms with Crippen molar-refractivity contribution in [1.29, 1.82) is 0 Å². The van der Waals surface area contributed by atoms with E-state index in [0.717, 1.165) is 16.5 Å². The van der Waals surface area contributed by atoms with E-state index in [9.17, 15) is 9.90 Å². The van der Waals surface area contributed by atoms with E-state index in [2.05, 4.69) is 5.32 Å². The zero-order chi connectivity index (χ0) is 20.3. The lowest BCUT2D eigenvalue weighted by atomic mass is 10.0. The van der Waals surface area contributed by atoms with Crippen molar-refractivity contribution in [2.75, 3.05) is 13.7 Å². The molecule has 0 saturated heterocycles. The third-order valence-electron chi connectivity index (χ3n) is 4.95. The first-order valence-corrected chi connectivity index (χ1v) is 9.60. The Morgan fingerprint density at radius 3 is 2.41 bits per heavy atom. The number of carbonyl (C=O) groups is 1. The van der Waals surface area contributed by atoms with Gasteiger partial charge in [0.15, 0.2) is 0 Å². The summed E-state index contributed by atoms with van der Waals surface area (Å²) in [5.41, 5.74) is 3.11. The van der Waals surface area contributed by atoms with Crippen molar-refractivity contribution in [2.24, 2.45) is 0 Å². The molecule has 0 aliphatic heterocycles. The molecular formula is C23H28ClN2O3-. The number of aliphatic hydroxyl groups is 1. The summed E-state index contributed by atoms with van der Waals surface area (Å²) in [5.74, 6) is 0.657. The van der Waals surface area contributed by atoms with Gasteiger partial charge in [-0.05, 0) is 42.8 Å². The van der Waals surface area contributed by atoms with Gasteiger partial charge < -0.3 is 32.1 Å². The average Bonchev–Trinajstić information content (AvgIpc) is 2.98. The van der Waals surface area contributed by atoms with Gasteiger partial charge in [-0.1, -0.05) is 32.0 Å². The van der Waals surface area contributed by atoms with E-state index in [1.807, 2.05) is 49.6 Å². The summed E-state index contributed by atoms with van der Waals surface area (Å²) in [6, 6.07) is 15.4. The van der Waals surface area contributed by atoms with Crippen LogP contribution in [0.25, 0.3) is 10.9 Å². The molecule has 0 aliphatic carbocycles. The number of nitrogens with zero attached hydrogens (tertiary/aromatic N) is 1. The van der Waals surface area contributed by atoms with Crippen molar-refractivity contribution >= 4 is 16.7 Å². The van der Waals surface area contributed by atoms with Crippen LogP contribution in [0.4, 0.5) is 0 Å². The van der Waals surface area contributed by atoms with Gasteiger partial charge in [-0.15, -0.1) is 0 Å². The number of rotatable bonds is 8. The molecule has 156 valence electrons. The van der Waals surface area contributed by atoms with Crippen LogP contribution in [0.1, 0.15) is 35.5 Å². The first kappa shape index (κ1) is 22.9.